The van der Waals surface area contributed by atoms with E-state index >= 15 is 0 Å². The highest BCUT2D eigenvalue weighted by Crippen LogP contribution is 2.10. The lowest BCUT2D eigenvalue weighted by molar-refractivity contribution is 0.0945. The van der Waals surface area contributed by atoms with Gasteiger partial charge in [-0.15, -0.1) is 0 Å². The van der Waals surface area contributed by atoms with Gasteiger partial charge in [-0.05, 0) is 6.92 Å². The van der Waals surface area contributed by atoms with Crippen molar-refractivity contribution in [3.05, 3.63) is 12.0 Å². The molecule has 2 aromatic rings. The van der Waals surface area contributed by atoms with Crippen LogP contribution in [0.4, 0.5) is 10.7 Å². The van der Waals surface area contributed by atoms with Gasteiger partial charge in [0.05, 0.1) is 6.20 Å². The van der Waals surface area contributed by atoms with E-state index in [-0.39, 0.29) is 17.7 Å². The molecular formula is C9H11N7O2. The molecule has 0 aromatic carbocycles. The molecule has 0 spiro atoms. The molecule has 0 unspecified atom stereocenters. The summed E-state index contributed by atoms with van der Waals surface area (Å²) in [4.78, 5) is 36.7. The maximum atomic E-state index is 11.5. The van der Waals surface area contributed by atoms with E-state index in [1.807, 2.05) is 0 Å². The zero-order valence-electron chi connectivity index (χ0n) is 9.52. The number of fused-ring (bicyclic) bond motifs is 1. The molecule has 3 amide bonds. The lowest BCUT2D eigenvalue weighted by Crippen LogP contribution is -2.24. The highest BCUT2D eigenvalue weighted by atomic mass is 16.2. The second-order valence-electron chi connectivity index (χ2n) is 3.36. The lowest BCUT2D eigenvalue weighted by atomic mass is 10.5. The van der Waals surface area contributed by atoms with Gasteiger partial charge in [0.1, 0.15) is 5.52 Å². The molecule has 9 nitrogen and oxygen atoms in total. The molecule has 0 aliphatic carbocycles. The van der Waals surface area contributed by atoms with Crippen molar-refractivity contribution >= 4 is 29.1 Å². The van der Waals surface area contributed by atoms with Gasteiger partial charge >= 0.3 is 6.03 Å². The van der Waals surface area contributed by atoms with E-state index < -0.39 is 6.03 Å². The molecule has 2 aromatic heterocycles. The number of hydrogen-bond acceptors (Lipinski definition) is 5. The van der Waals surface area contributed by atoms with Gasteiger partial charge in [0.25, 0.3) is 5.91 Å². The largest absolute Gasteiger partial charge is 0.351 e. The molecule has 2 heterocycles. The number of nitrogens with two attached hydrogens (primary N) is 1. The van der Waals surface area contributed by atoms with Crippen LogP contribution in [0.1, 0.15) is 17.5 Å². The summed E-state index contributed by atoms with van der Waals surface area (Å²) in [7, 11) is 0. The first kappa shape index (κ1) is 11.8. The number of carbonyl (C=O) groups is 2. The Kier molecular flexibility index (Phi) is 3.04. The summed E-state index contributed by atoms with van der Waals surface area (Å²) in [5, 5.41) is 4.85. The molecular weight excluding hydrogens is 238 g/mol. The zero-order valence-corrected chi connectivity index (χ0v) is 9.52. The number of anilines is 1. The SMILES string of the molecule is CCNC(=O)c1ncc2nc(NC(N)=O)[nH]c2n1. The molecule has 94 valence electrons. The van der Waals surface area contributed by atoms with Crippen LogP contribution in [0.2, 0.25) is 0 Å². The molecule has 0 aliphatic heterocycles. The summed E-state index contributed by atoms with van der Waals surface area (Å²) < 4.78 is 0. The summed E-state index contributed by atoms with van der Waals surface area (Å²) in [5.41, 5.74) is 5.72. The number of urea groups is 1. The topological polar surface area (TPSA) is 139 Å². The molecule has 2 rings (SSSR count). The first-order valence-electron chi connectivity index (χ1n) is 5.17. The first-order valence-corrected chi connectivity index (χ1v) is 5.17. The third-order valence-electron chi connectivity index (χ3n) is 2.02. The standard InChI is InChI=1S/C9H11N7O2/c1-2-11-7(17)6-12-3-4-5(14-6)15-9(13-4)16-8(10)18/h3H,2H2,1H3,(H,11,17)(H4,10,12,13,14,15,16,18). The number of primary amides is 1. The average Bonchev–Trinajstić information content (AvgIpc) is 2.69. The number of rotatable bonds is 3. The number of nitrogens with one attached hydrogen (secondary N) is 3. The number of imidazole rings is 1. The van der Waals surface area contributed by atoms with Crippen molar-refractivity contribution in [2.24, 2.45) is 5.73 Å². The number of hydrogen-bond donors (Lipinski definition) is 4. The Morgan fingerprint density at radius 2 is 2.22 bits per heavy atom. The number of nitrogens with zero attached hydrogens (tertiary/aromatic N) is 3. The van der Waals surface area contributed by atoms with Crippen LogP contribution in [0, 0.1) is 0 Å². The fourth-order valence-electron chi connectivity index (χ4n) is 1.33. The Balaban J connectivity index is 2.33. The molecule has 0 fully saturated rings. The molecule has 0 saturated heterocycles. The fourth-order valence-corrected chi connectivity index (χ4v) is 1.33. The molecule has 0 saturated carbocycles. The summed E-state index contributed by atoms with van der Waals surface area (Å²) in [6.45, 7) is 2.28. The number of aromatic amines is 1. The molecule has 9 heteroatoms. The smallest absolute Gasteiger partial charge is 0.318 e. The third-order valence-corrected chi connectivity index (χ3v) is 2.02. The highest BCUT2D eigenvalue weighted by molar-refractivity contribution is 5.92. The Morgan fingerprint density at radius 3 is 2.89 bits per heavy atom. The van der Waals surface area contributed by atoms with Crippen LogP contribution < -0.4 is 16.4 Å². The minimum absolute atomic E-state index is 0.0265. The maximum absolute atomic E-state index is 11.5. The highest BCUT2D eigenvalue weighted by Gasteiger charge is 2.11. The molecule has 0 atom stereocenters. The van der Waals surface area contributed by atoms with Gasteiger partial charge in [-0.1, -0.05) is 0 Å². The number of aromatic nitrogens is 4. The first-order chi connectivity index (χ1) is 8.60. The van der Waals surface area contributed by atoms with Crippen LogP contribution in [0.3, 0.4) is 0 Å². The zero-order chi connectivity index (χ0) is 13.1. The summed E-state index contributed by atoms with van der Waals surface area (Å²) in [5.74, 6) is -0.197. The summed E-state index contributed by atoms with van der Waals surface area (Å²) in [6, 6.07) is -0.744. The van der Waals surface area contributed by atoms with Gasteiger partial charge in [-0.3, -0.25) is 10.1 Å². The minimum atomic E-state index is -0.744. The molecule has 5 N–H and O–H groups in total. The number of H-pyrrole nitrogens is 1. The van der Waals surface area contributed by atoms with E-state index in [0.717, 1.165) is 0 Å². The monoisotopic (exact) mass is 249 g/mol. The quantitative estimate of drug-likeness (QED) is 0.585. The van der Waals surface area contributed by atoms with Crippen molar-refractivity contribution in [2.45, 2.75) is 6.92 Å². The Labute approximate surface area is 101 Å². The fraction of sp³-hybridized carbons (Fsp3) is 0.222. The predicted octanol–water partition coefficient (Wildman–Crippen LogP) is -0.407. The van der Waals surface area contributed by atoms with Crippen molar-refractivity contribution in [2.75, 3.05) is 11.9 Å². The van der Waals surface area contributed by atoms with E-state index in [1.165, 1.54) is 6.20 Å². The van der Waals surface area contributed by atoms with E-state index in [2.05, 4.69) is 30.6 Å². The van der Waals surface area contributed by atoms with Crippen LogP contribution >= 0.6 is 0 Å². The third kappa shape index (κ3) is 2.34. The van der Waals surface area contributed by atoms with Gasteiger partial charge in [0, 0.05) is 6.54 Å². The van der Waals surface area contributed by atoms with E-state index in [1.54, 1.807) is 6.92 Å². The average molecular weight is 249 g/mol. The van der Waals surface area contributed by atoms with Crippen molar-refractivity contribution < 1.29 is 9.59 Å². The van der Waals surface area contributed by atoms with Gasteiger partial charge in [0.15, 0.2) is 5.65 Å². The van der Waals surface area contributed by atoms with Crippen LogP contribution in [0.25, 0.3) is 11.2 Å². The van der Waals surface area contributed by atoms with Crippen LogP contribution in [-0.2, 0) is 0 Å². The van der Waals surface area contributed by atoms with E-state index in [9.17, 15) is 9.59 Å². The maximum Gasteiger partial charge on any atom is 0.318 e. The Bertz CT molecular complexity index is 606. The van der Waals surface area contributed by atoms with Crippen molar-refractivity contribution in [1.29, 1.82) is 0 Å². The van der Waals surface area contributed by atoms with Gasteiger partial charge in [0.2, 0.25) is 11.8 Å². The second kappa shape index (κ2) is 4.65. The summed E-state index contributed by atoms with van der Waals surface area (Å²) >= 11 is 0. The van der Waals surface area contributed by atoms with Crippen molar-refractivity contribution in [3.63, 3.8) is 0 Å². The second-order valence-corrected chi connectivity index (χ2v) is 3.36. The molecule has 18 heavy (non-hydrogen) atoms. The minimum Gasteiger partial charge on any atom is -0.351 e. The van der Waals surface area contributed by atoms with Gasteiger partial charge in [-0.2, -0.15) is 0 Å². The van der Waals surface area contributed by atoms with Crippen LogP contribution in [0.5, 0.6) is 0 Å². The number of carbonyl (C=O) groups excluding carboxylic acids is 2. The van der Waals surface area contributed by atoms with Crippen LogP contribution in [-0.4, -0.2) is 38.4 Å². The normalized spacial score (nSPS) is 10.3. The van der Waals surface area contributed by atoms with Gasteiger partial charge < -0.3 is 16.0 Å². The molecule has 0 radical (unpaired) electrons. The number of amides is 3. The Morgan fingerprint density at radius 1 is 1.44 bits per heavy atom. The van der Waals surface area contributed by atoms with Gasteiger partial charge in [-0.25, -0.2) is 19.7 Å². The molecule has 0 bridgehead atoms. The van der Waals surface area contributed by atoms with E-state index in [0.29, 0.717) is 17.7 Å². The van der Waals surface area contributed by atoms with Crippen molar-refractivity contribution in [3.8, 4) is 0 Å². The molecule has 0 aliphatic rings. The van der Waals surface area contributed by atoms with Crippen molar-refractivity contribution in [1.82, 2.24) is 25.3 Å². The summed E-state index contributed by atoms with van der Waals surface area (Å²) in [6.07, 6.45) is 1.38. The lowest BCUT2D eigenvalue weighted by Gasteiger charge is -1.98. The Hall–Kier alpha value is -2.71. The predicted molar refractivity (Wildman–Crippen MR) is 62.9 cm³/mol. The van der Waals surface area contributed by atoms with Crippen LogP contribution in [0.15, 0.2) is 6.20 Å². The van der Waals surface area contributed by atoms with E-state index in [4.69, 9.17) is 5.73 Å².